The van der Waals surface area contributed by atoms with E-state index in [4.69, 9.17) is 0 Å². The lowest BCUT2D eigenvalue weighted by atomic mass is 10.2. The SMILES string of the molecule is O=c1[nH]c(CNc2ccc(I)cc2)nc2ccccc12. The maximum Gasteiger partial charge on any atom is 0.258 e. The van der Waals surface area contributed by atoms with Crippen LogP contribution in [0.25, 0.3) is 10.9 Å². The van der Waals surface area contributed by atoms with E-state index < -0.39 is 0 Å². The van der Waals surface area contributed by atoms with Gasteiger partial charge in [0.15, 0.2) is 0 Å². The lowest BCUT2D eigenvalue weighted by Gasteiger charge is -2.06. The number of nitrogens with zero attached hydrogens (tertiary/aromatic N) is 1. The van der Waals surface area contributed by atoms with Crippen LogP contribution in [0.4, 0.5) is 5.69 Å². The van der Waals surface area contributed by atoms with E-state index >= 15 is 0 Å². The van der Waals surface area contributed by atoms with Crippen molar-refractivity contribution in [2.45, 2.75) is 6.54 Å². The normalized spacial score (nSPS) is 10.7. The molecule has 0 aliphatic rings. The zero-order valence-corrected chi connectivity index (χ0v) is 12.7. The van der Waals surface area contributed by atoms with Gasteiger partial charge in [0.1, 0.15) is 5.82 Å². The molecule has 0 aliphatic carbocycles. The molecule has 20 heavy (non-hydrogen) atoms. The van der Waals surface area contributed by atoms with E-state index in [2.05, 4.69) is 37.9 Å². The molecule has 2 N–H and O–H groups in total. The highest BCUT2D eigenvalue weighted by atomic mass is 127. The smallest absolute Gasteiger partial charge is 0.258 e. The zero-order chi connectivity index (χ0) is 13.9. The largest absolute Gasteiger partial charge is 0.378 e. The van der Waals surface area contributed by atoms with Gasteiger partial charge in [0, 0.05) is 9.26 Å². The van der Waals surface area contributed by atoms with E-state index in [1.165, 1.54) is 3.57 Å². The third-order valence-corrected chi connectivity index (χ3v) is 3.69. The Labute approximate surface area is 129 Å². The summed E-state index contributed by atoms with van der Waals surface area (Å²) in [5.41, 5.74) is 1.62. The fourth-order valence-electron chi connectivity index (χ4n) is 1.97. The van der Waals surface area contributed by atoms with Gasteiger partial charge in [-0.3, -0.25) is 4.79 Å². The van der Waals surface area contributed by atoms with Crippen LogP contribution in [-0.4, -0.2) is 9.97 Å². The lowest BCUT2D eigenvalue weighted by Crippen LogP contribution is -2.14. The van der Waals surface area contributed by atoms with E-state index in [-0.39, 0.29) is 5.56 Å². The second-order valence-electron chi connectivity index (χ2n) is 4.39. The van der Waals surface area contributed by atoms with Gasteiger partial charge in [0.05, 0.1) is 17.4 Å². The molecule has 2 aromatic carbocycles. The van der Waals surface area contributed by atoms with Crippen molar-refractivity contribution < 1.29 is 0 Å². The molecule has 0 aliphatic heterocycles. The van der Waals surface area contributed by atoms with Crippen LogP contribution in [0.3, 0.4) is 0 Å². The van der Waals surface area contributed by atoms with Crippen LogP contribution in [0.1, 0.15) is 5.82 Å². The first-order valence-corrected chi connectivity index (χ1v) is 7.27. The summed E-state index contributed by atoms with van der Waals surface area (Å²) in [6, 6.07) is 15.4. The summed E-state index contributed by atoms with van der Waals surface area (Å²) in [5, 5.41) is 3.86. The van der Waals surface area contributed by atoms with Crippen molar-refractivity contribution in [3.05, 3.63) is 68.3 Å². The summed E-state index contributed by atoms with van der Waals surface area (Å²) >= 11 is 2.26. The lowest BCUT2D eigenvalue weighted by molar-refractivity contribution is 0.953. The van der Waals surface area contributed by atoms with Gasteiger partial charge in [0.25, 0.3) is 5.56 Å². The first-order valence-electron chi connectivity index (χ1n) is 6.20. The Balaban J connectivity index is 1.84. The Morgan fingerprint density at radius 2 is 1.85 bits per heavy atom. The quantitative estimate of drug-likeness (QED) is 0.690. The number of para-hydroxylation sites is 1. The second kappa shape index (κ2) is 5.62. The van der Waals surface area contributed by atoms with E-state index in [0.717, 1.165) is 11.2 Å². The summed E-state index contributed by atoms with van der Waals surface area (Å²) < 4.78 is 1.19. The monoisotopic (exact) mass is 377 g/mol. The standard InChI is InChI=1S/C15H12IN3O/c16-10-5-7-11(8-6-10)17-9-14-18-13-4-2-1-3-12(13)15(20)19-14/h1-8,17H,9H2,(H,18,19,20). The van der Waals surface area contributed by atoms with Crippen molar-refractivity contribution in [3.63, 3.8) is 0 Å². The average Bonchev–Trinajstić information content (AvgIpc) is 2.47. The number of rotatable bonds is 3. The minimum Gasteiger partial charge on any atom is -0.378 e. The maximum absolute atomic E-state index is 11.9. The van der Waals surface area contributed by atoms with Gasteiger partial charge in [-0.1, -0.05) is 12.1 Å². The molecule has 3 aromatic rings. The first kappa shape index (κ1) is 13.1. The Bertz CT molecular complexity index is 796. The number of H-pyrrole nitrogens is 1. The minimum absolute atomic E-state index is 0.102. The van der Waals surface area contributed by atoms with Gasteiger partial charge in [-0.05, 0) is 59.0 Å². The van der Waals surface area contributed by atoms with Gasteiger partial charge in [-0.15, -0.1) is 0 Å². The molecule has 5 heteroatoms. The molecule has 0 saturated carbocycles. The second-order valence-corrected chi connectivity index (χ2v) is 5.64. The number of nitrogens with one attached hydrogen (secondary N) is 2. The van der Waals surface area contributed by atoms with E-state index in [9.17, 15) is 4.79 Å². The molecule has 4 nitrogen and oxygen atoms in total. The van der Waals surface area contributed by atoms with Crippen molar-refractivity contribution in [1.82, 2.24) is 9.97 Å². The molecule has 0 amide bonds. The summed E-state index contributed by atoms with van der Waals surface area (Å²) in [6.45, 7) is 0.487. The highest BCUT2D eigenvalue weighted by molar-refractivity contribution is 14.1. The van der Waals surface area contributed by atoms with E-state index in [0.29, 0.717) is 17.8 Å². The molecule has 0 atom stereocenters. The van der Waals surface area contributed by atoms with Crippen molar-refractivity contribution in [2.75, 3.05) is 5.32 Å². The highest BCUT2D eigenvalue weighted by Crippen LogP contribution is 2.12. The summed E-state index contributed by atoms with van der Waals surface area (Å²) in [6.07, 6.45) is 0. The molecule has 0 spiro atoms. The van der Waals surface area contributed by atoms with Crippen molar-refractivity contribution in [3.8, 4) is 0 Å². The molecule has 0 unspecified atom stereocenters. The molecular weight excluding hydrogens is 365 g/mol. The summed E-state index contributed by atoms with van der Waals surface area (Å²) in [7, 11) is 0. The van der Waals surface area contributed by atoms with Crippen LogP contribution in [0.2, 0.25) is 0 Å². The zero-order valence-electron chi connectivity index (χ0n) is 10.6. The molecule has 1 heterocycles. The maximum atomic E-state index is 11.9. The van der Waals surface area contributed by atoms with E-state index in [1.54, 1.807) is 6.07 Å². The number of hydrogen-bond acceptors (Lipinski definition) is 3. The third-order valence-electron chi connectivity index (χ3n) is 2.97. The Hall–Kier alpha value is -1.89. The molecule has 3 rings (SSSR count). The number of hydrogen-bond donors (Lipinski definition) is 2. The van der Waals surface area contributed by atoms with Crippen LogP contribution in [0.5, 0.6) is 0 Å². The molecule has 1 aromatic heterocycles. The minimum atomic E-state index is -0.102. The Kier molecular flexibility index (Phi) is 3.68. The van der Waals surface area contributed by atoms with Crippen LogP contribution in [0.15, 0.2) is 53.3 Å². The van der Waals surface area contributed by atoms with Crippen molar-refractivity contribution in [1.29, 1.82) is 0 Å². The number of halogens is 1. The van der Waals surface area contributed by atoms with Gasteiger partial charge in [0.2, 0.25) is 0 Å². The summed E-state index contributed by atoms with van der Waals surface area (Å²) in [5.74, 6) is 0.632. The number of aromatic amines is 1. The first-order chi connectivity index (χ1) is 9.72. The van der Waals surface area contributed by atoms with Gasteiger partial charge < -0.3 is 10.3 Å². The fraction of sp³-hybridized carbons (Fsp3) is 0.0667. The predicted molar refractivity (Wildman–Crippen MR) is 88.8 cm³/mol. The Morgan fingerprint density at radius 3 is 2.65 bits per heavy atom. The molecule has 0 saturated heterocycles. The number of benzene rings is 2. The molecule has 0 bridgehead atoms. The van der Waals surface area contributed by atoms with Gasteiger partial charge in [-0.25, -0.2) is 4.98 Å². The molecule has 0 radical (unpaired) electrons. The molecule has 100 valence electrons. The van der Waals surface area contributed by atoms with Crippen LogP contribution in [0, 0.1) is 3.57 Å². The number of aromatic nitrogens is 2. The van der Waals surface area contributed by atoms with Crippen molar-refractivity contribution >= 4 is 39.2 Å². The number of anilines is 1. The summed E-state index contributed by atoms with van der Waals surface area (Å²) in [4.78, 5) is 19.2. The van der Waals surface area contributed by atoms with Gasteiger partial charge >= 0.3 is 0 Å². The number of fused-ring (bicyclic) bond motifs is 1. The van der Waals surface area contributed by atoms with E-state index in [1.807, 2.05) is 42.5 Å². The topological polar surface area (TPSA) is 57.8 Å². The van der Waals surface area contributed by atoms with Crippen LogP contribution >= 0.6 is 22.6 Å². The highest BCUT2D eigenvalue weighted by Gasteiger charge is 2.02. The van der Waals surface area contributed by atoms with Crippen molar-refractivity contribution in [2.24, 2.45) is 0 Å². The molecular formula is C15H12IN3O. The Morgan fingerprint density at radius 1 is 1.10 bits per heavy atom. The fourth-order valence-corrected chi connectivity index (χ4v) is 2.33. The van der Waals surface area contributed by atoms with Crippen LogP contribution < -0.4 is 10.9 Å². The van der Waals surface area contributed by atoms with Crippen LogP contribution in [-0.2, 0) is 6.54 Å². The third kappa shape index (κ3) is 2.82. The average molecular weight is 377 g/mol. The van der Waals surface area contributed by atoms with Gasteiger partial charge in [-0.2, -0.15) is 0 Å². The molecule has 0 fully saturated rings. The predicted octanol–water partition coefficient (Wildman–Crippen LogP) is 3.14.